The van der Waals surface area contributed by atoms with Crippen molar-refractivity contribution in [1.82, 2.24) is 14.8 Å². The monoisotopic (exact) mass is 484 g/mol. The lowest BCUT2D eigenvalue weighted by Crippen LogP contribution is -2.33. The van der Waals surface area contributed by atoms with Gasteiger partial charge in [-0.05, 0) is 42.5 Å². The molecule has 7 nitrogen and oxygen atoms in total. The Morgan fingerprint density at radius 2 is 1.69 bits per heavy atom. The van der Waals surface area contributed by atoms with E-state index >= 15 is 0 Å². The van der Waals surface area contributed by atoms with Gasteiger partial charge in [0.05, 0.1) is 14.2 Å². The first-order valence-corrected chi connectivity index (χ1v) is 11.0. The lowest BCUT2D eigenvalue weighted by Gasteiger charge is -2.35. The first kappa shape index (κ1) is 22.9. The van der Waals surface area contributed by atoms with Gasteiger partial charge in [0.15, 0.2) is 17.3 Å². The number of aromatic nitrogens is 3. The average molecular weight is 484 g/mol. The predicted molar refractivity (Wildman–Crippen MR) is 122 cm³/mol. The number of ether oxygens (including phenoxy) is 2. The first-order chi connectivity index (χ1) is 16.7. The third kappa shape index (κ3) is 4.02. The number of ketones is 1. The molecule has 2 aromatic carbocycles. The number of fused-ring (bicyclic) bond motifs is 1. The minimum atomic E-state index is -4.71. The maximum Gasteiger partial charge on any atom is 0.453 e. The normalized spacial score (nSPS) is 19.7. The molecule has 1 aliphatic heterocycles. The van der Waals surface area contributed by atoms with Gasteiger partial charge in [-0.15, -0.1) is 5.10 Å². The fourth-order valence-electron chi connectivity index (χ4n) is 4.73. The molecule has 0 saturated heterocycles. The van der Waals surface area contributed by atoms with Crippen LogP contribution in [0.4, 0.5) is 19.1 Å². The van der Waals surface area contributed by atoms with E-state index in [2.05, 4.69) is 15.4 Å². The highest BCUT2D eigenvalue weighted by Gasteiger charge is 2.43. The summed E-state index contributed by atoms with van der Waals surface area (Å²) in [7, 11) is 3.08. The largest absolute Gasteiger partial charge is 0.493 e. The number of rotatable bonds is 4. The Kier molecular flexibility index (Phi) is 5.53. The summed E-state index contributed by atoms with van der Waals surface area (Å²) < 4.78 is 52.2. The maximum absolute atomic E-state index is 13.5. The van der Waals surface area contributed by atoms with E-state index in [4.69, 9.17) is 9.47 Å². The van der Waals surface area contributed by atoms with E-state index in [1.165, 1.54) is 11.8 Å². The summed E-state index contributed by atoms with van der Waals surface area (Å²) in [6, 6.07) is 12.0. The van der Waals surface area contributed by atoms with Gasteiger partial charge in [0.25, 0.3) is 5.82 Å². The molecule has 0 saturated carbocycles. The molecule has 2 aliphatic rings. The highest BCUT2D eigenvalue weighted by Crippen LogP contribution is 2.45. The zero-order chi connectivity index (χ0) is 24.9. The quantitative estimate of drug-likeness (QED) is 0.559. The standard InChI is InChI=1S/C25H23F3N4O3/c1-13-4-6-14(7-5-13)22-21-17(29-24-30-23(25(26,27)28)31-32(22)24)10-16(11-18(21)33)15-8-9-19(34-2)20(12-15)35-3/h4-9,12,16,22H,10-11H2,1-3H3,(H,29,30,31)/t16-,22+/m1/s1. The molecule has 0 fully saturated rings. The number of hydrogen-bond acceptors (Lipinski definition) is 6. The van der Waals surface area contributed by atoms with E-state index in [-0.39, 0.29) is 24.1 Å². The molecule has 0 radical (unpaired) electrons. The Hall–Kier alpha value is -3.82. The first-order valence-electron chi connectivity index (χ1n) is 11.0. The number of allylic oxidation sites excluding steroid dienone is 2. The number of alkyl halides is 3. The summed E-state index contributed by atoms with van der Waals surface area (Å²) in [5, 5.41) is 6.72. The number of hydrogen-bond donors (Lipinski definition) is 1. The Balaban J connectivity index is 1.59. The number of anilines is 1. The number of Topliss-reactive ketones (excluding diaryl/α,β-unsaturated/α-hetero) is 1. The van der Waals surface area contributed by atoms with Gasteiger partial charge in [-0.1, -0.05) is 35.9 Å². The van der Waals surface area contributed by atoms with E-state index < -0.39 is 18.0 Å². The summed E-state index contributed by atoms with van der Waals surface area (Å²) >= 11 is 0. The molecule has 1 aliphatic carbocycles. The Morgan fingerprint density at radius 1 is 1.00 bits per heavy atom. The van der Waals surface area contributed by atoms with E-state index in [0.29, 0.717) is 34.8 Å². The molecule has 0 bridgehead atoms. The summed E-state index contributed by atoms with van der Waals surface area (Å²) in [4.78, 5) is 17.2. The molecular formula is C25H23F3N4O3. The molecule has 1 aromatic heterocycles. The molecule has 0 amide bonds. The van der Waals surface area contributed by atoms with Crippen molar-refractivity contribution in [2.75, 3.05) is 19.5 Å². The number of halogens is 3. The fourth-order valence-corrected chi connectivity index (χ4v) is 4.73. The summed E-state index contributed by atoms with van der Waals surface area (Å²) in [5.41, 5.74) is 3.51. The lowest BCUT2D eigenvalue weighted by molar-refractivity contribution is -0.145. The topological polar surface area (TPSA) is 78.3 Å². The van der Waals surface area contributed by atoms with Crippen LogP contribution in [0.3, 0.4) is 0 Å². The molecule has 5 rings (SSSR count). The predicted octanol–water partition coefficient (Wildman–Crippen LogP) is 5.04. The SMILES string of the molecule is COc1ccc([C@H]2CC(=O)C3=C(C2)Nc2nc(C(F)(F)F)nn2[C@H]3c2ccc(C)cc2)cc1OC. The van der Waals surface area contributed by atoms with Crippen LogP contribution in [0, 0.1) is 6.92 Å². The van der Waals surface area contributed by atoms with Crippen LogP contribution in [0.2, 0.25) is 0 Å². The molecule has 2 atom stereocenters. The second-order valence-corrected chi connectivity index (χ2v) is 8.67. The van der Waals surface area contributed by atoms with Crippen LogP contribution in [-0.2, 0) is 11.0 Å². The highest BCUT2D eigenvalue weighted by molar-refractivity contribution is 6.00. The van der Waals surface area contributed by atoms with Crippen LogP contribution >= 0.6 is 0 Å². The van der Waals surface area contributed by atoms with Gasteiger partial charge in [0, 0.05) is 17.7 Å². The highest BCUT2D eigenvalue weighted by atomic mass is 19.4. The molecule has 3 aromatic rings. The number of carbonyl (C=O) groups is 1. The van der Waals surface area contributed by atoms with Gasteiger partial charge in [-0.3, -0.25) is 4.79 Å². The van der Waals surface area contributed by atoms with Crippen LogP contribution in [0.5, 0.6) is 11.5 Å². The van der Waals surface area contributed by atoms with E-state index in [9.17, 15) is 18.0 Å². The van der Waals surface area contributed by atoms with Crippen molar-refractivity contribution in [1.29, 1.82) is 0 Å². The number of nitrogens with one attached hydrogen (secondary N) is 1. The lowest BCUT2D eigenvalue weighted by atomic mass is 9.78. The Bertz CT molecular complexity index is 1330. The van der Waals surface area contributed by atoms with E-state index in [1.807, 2.05) is 43.3 Å². The van der Waals surface area contributed by atoms with Crippen molar-refractivity contribution in [3.63, 3.8) is 0 Å². The van der Waals surface area contributed by atoms with Crippen LogP contribution < -0.4 is 14.8 Å². The van der Waals surface area contributed by atoms with Crippen LogP contribution in [-0.4, -0.2) is 34.8 Å². The van der Waals surface area contributed by atoms with Crippen molar-refractivity contribution in [3.8, 4) is 11.5 Å². The molecule has 1 N–H and O–H groups in total. The third-order valence-electron chi connectivity index (χ3n) is 6.45. The Labute approximate surface area is 199 Å². The van der Waals surface area contributed by atoms with Gasteiger partial charge >= 0.3 is 6.18 Å². The zero-order valence-electron chi connectivity index (χ0n) is 19.3. The van der Waals surface area contributed by atoms with Crippen LogP contribution in [0.25, 0.3) is 0 Å². The Morgan fingerprint density at radius 3 is 2.34 bits per heavy atom. The van der Waals surface area contributed by atoms with Gasteiger partial charge in [0.2, 0.25) is 5.95 Å². The zero-order valence-corrected chi connectivity index (χ0v) is 19.3. The maximum atomic E-state index is 13.5. The number of nitrogens with zero attached hydrogens (tertiary/aromatic N) is 3. The van der Waals surface area contributed by atoms with Gasteiger partial charge in [-0.25, -0.2) is 4.68 Å². The minimum Gasteiger partial charge on any atom is -0.493 e. The second kappa shape index (κ2) is 8.44. The van der Waals surface area contributed by atoms with Crippen LogP contribution in [0.1, 0.15) is 47.3 Å². The van der Waals surface area contributed by atoms with Crippen molar-refractivity contribution < 1.29 is 27.4 Å². The third-order valence-corrected chi connectivity index (χ3v) is 6.45. The van der Waals surface area contributed by atoms with Gasteiger partial charge in [0.1, 0.15) is 6.04 Å². The average Bonchev–Trinajstić information content (AvgIpc) is 3.27. The summed E-state index contributed by atoms with van der Waals surface area (Å²) in [6.45, 7) is 1.92. The van der Waals surface area contributed by atoms with Crippen molar-refractivity contribution in [2.24, 2.45) is 0 Å². The van der Waals surface area contributed by atoms with Crippen molar-refractivity contribution in [2.45, 2.75) is 37.9 Å². The van der Waals surface area contributed by atoms with Crippen molar-refractivity contribution in [3.05, 3.63) is 76.2 Å². The molecule has 10 heteroatoms. The van der Waals surface area contributed by atoms with Crippen LogP contribution in [0.15, 0.2) is 53.7 Å². The molecule has 2 heterocycles. The molecule has 0 unspecified atom stereocenters. The van der Waals surface area contributed by atoms with E-state index in [1.54, 1.807) is 13.2 Å². The second-order valence-electron chi connectivity index (χ2n) is 8.67. The summed E-state index contributed by atoms with van der Waals surface area (Å²) in [6.07, 6.45) is -4.09. The van der Waals surface area contributed by atoms with Crippen molar-refractivity contribution >= 4 is 11.7 Å². The molecule has 0 spiro atoms. The number of methoxy groups -OCH3 is 2. The molecule has 182 valence electrons. The number of benzene rings is 2. The smallest absolute Gasteiger partial charge is 0.453 e. The molecular weight excluding hydrogens is 461 g/mol. The summed E-state index contributed by atoms with van der Waals surface area (Å²) in [5.74, 6) is -0.520. The minimum absolute atomic E-state index is 0.0394. The van der Waals surface area contributed by atoms with Gasteiger partial charge in [-0.2, -0.15) is 18.2 Å². The fraction of sp³-hybridized carbons (Fsp3) is 0.320. The van der Waals surface area contributed by atoms with E-state index in [0.717, 1.165) is 11.1 Å². The number of aryl methyl sites for hydroxylation is 1. The number of carbonyl (C=O) groups excluding carboxylic acids is 1. The van der Waals surface area contributed by atoms with Gasteiger partial charge < -0.3 is 14.8 Å². The molecule has 35 heavy (non-hydrogen) atoms.